The van der Waals surface area contributed by atoms with E-state index in [-0.39, 0.29) is 11.9 Å². The van der Waals surface area contributed by atoms with Gasteiger partial charge in [-0.3, -0.25) is 4.79 Å². The van der Waals surface area contributed by atoms with Crippen molar-refractivity contribution in [3.63, 3.8) is 0 Å². The Morgan fingerprint density at radius 2 is 2.39 bits per heavy atom. The van der Waals surface area contributed by atoms with E-state index in [4.69, 9.17) is 5.11 Å². The summed E-state index contributed by atoms with van der Waals surface area (Å²) in [6, 6.07) is -0.597. The molecule has 2 atom stereocenters. The minimum absolute atomic E-state index is 0.166. The second kappa shape index (κ2) is 8.66. The van der Waals surface area contributed by atoms with Crippen LogP contribution in [0.5, 0.6) is 0 Å². The first-order valence-corrected chi connectivity index (χ1v) is 8.50. The molecule has 0 spiro atoms. The van der Waals surface area contributed by atoms with Crippen LogP contribution >= 0.6 is 23.5 Å². The van der Waals surface area contributed by atoms with Crippen molar-refractivity contribution in [2.45, 2.75) is 24.9 Å². The zero-order valence-electron chi connectivity index (χ0n) is 10.5. The number of amides is 1. The predicted molar refractivity (Wildman–Crippen MR) is 76.3 cm³/mol. The Morgan fingerprint density at radius 1 is 1.61 bits per heavy atom. The molecular formula is C11H20N2O3S2. The number of rotatable bonds is 7. The molecule has 1 aliphatic rings. The second-order valence-electron chi connectivity index (χ2n) is 4.17. The van der Waals surface area contributed by atoms with Crippen LogP contribution in [0.2, 0.25) is 0 Å². The summed E-state index contributed by atoms with van der Waals surface area (Å²) in [6.07, 6.45) is 2.75. The summed E-state index contributed by atoms with van der Waals surface area (Å²) in [5.74, 6) is 1.58. The molecule has 1 unspecified atom stereocenters. The fraction of sp³-hybridized carbons (Fsp3) is 0.818. The van der Waals surface area contributed by atoms with Crippen LogP contribution in [0.25, 0.3) is 0 Å². The third-order valence-corrected chi connectivity index (χ3v) is 4.45. The highest BCUT2D eigenvalue weighted by Crippen LogP contribution is 2.10. The molecule has 0 saturated carbocycles. The first-order valence-electron chi connectivity index (χ1n) is 5.95. The summed E-state index contributed by atoms with van der Waals surface area (Å²) in [5, 5.41) is 14.9. The van der Waals surface area contributed by atoms with E-state index < -0.39 is 12.0 Å². The van der Waals surface area contributed by atoms with E-state index in [0.29, 0.717) is 12.8 Å². The smallest absolute Gasteiger partial charge is 0.326 e. The molecule has 1 amide bonds. The van der Waals surface area contributed by atoms with Crippen molar-refractivity contribution in [2.24, 2.45) is 0 Å². The first-order chi connectivity index (χ1) is 8.63. The number of carbonyl (C=O) groups excluding carboxylic acids is 1. The van der Waals surface area contributed by atoms with Gasteiger partial charge in [0, 0.05) is 30.5 Å². The Hall–Kier alpha value is -0.400. The Bertz CT molecular complexity index is 283. The molecule has 7 heteroatoms. The van der Waals surface area contributed by atoms with Crippen LogP contribution in [0.4, 0.5) is 0 Å². The van der Waals surface area contributed by atoms with Crippen molar-refractivity contribution < 1.29 is 14.7 Å². The van der Waals surface area contributed by atoms with Gasteiger partial charge in [-0.15, -0.1) is 0 Å². The minimum atomic E-state index is -0.955. The summed E-state index contributed by atoms with van der Waals surface area (Å²) in [5.41, 5.74) is 0. The molecule has 0 bridgehead atoms. The first kappa shape index (κ1) is 15.7. The van der Waals surface area contributed by atoms with Crippen molar-refractivity contribution in [1.82, 2.24) is 10.6 Å². The molecule has 3 N–H and O–H groups in total. The summed E-state index contributed by atoms with van der Waals surface area (Å²) in [4.78, 5) is 22.7. The quantitative estimate of drug-likeness (QED) is 0.630. The van der Waals surface area contributed by atoms with E-state index in [0.717, 1.165) is 23.8 Å². The van der Waals surface area contributed by atoms with E-state index in [1.165, 1.54) is 0 Å². The zero-order chi connectivity index (χ0) is 13.4. The molecule has 1 rings (SSSR count). The topological polar surface area (TPSA) is 78.4 Å². The van der Waals surface area contributed by atoms with E-state index in [1.54, 1.807) is 11.8 Å². The van der Waals surface area contributed by atoms with Crippen LogP contribution < -0.4 is 10.6 Å². The molecule has 104 valence electrons. The molecule has 5 nitrogen and oxygen atoms in total. The van der Waals surface area contributed by atoms with Gasteiger partial charge in [0.15, 0.2) is 0 Å². The van der Waals surface area contributed by atoms with Gasteiger partial charge >= 0.3 is 5.97 Å². The molecule has 0 aromatic carbocycles. The zero-order valence-corrected chi connectivity index (χ0v) is 12.1. The van der Waals surface area contributed by atoms with Gasteiger partial charge in [-0.05, 0) is 18.4 Å². The fourth-order valence-electron chi connectivity index (χ4n) is 1.72. The van der Waals surface area contributed by atoms with Crippen molar-refractivity contribution >= 4 is 35.4 Å². The van der Waals surface area contributed by atoms with Crippen LogP contribution in [0.3, 0.4) is 0 Å². The minimum Gasteiger partial charge on any atom is -0.480 e. The average molecular weight is 292 g/mol. The lowest BCUT2D eigenvalue weighted by Crippen LogP contribution is -2.46. The maximum atomic E-state index is 11.8. The maximum absolute atomic E-state index is 11.8. The fourth-order valence-corrected chi connectivity index (χ4v) is 3.14. The highest BCUT2D eigenvalue weighted by atomic mass is 32.2. The normalized spacial score (nSPS) is 21.3. The number of aliphatic carboxylic acids is 1. The molecule has 1 heterocycles. The van der Waals surface area contributed by atoms with Crippen molar-refractivity contribution in [3.8, 4) is 0 Å². The van der Waals surface area contributed by atoms with Gasteiger partial charge in [0.05, 0.1) is 0 Å². The lowest BCUT2D eigenvalue weighted by molar-refractivity contribution is -0.141. The van der Waals surface area contributed by atoms with Gasteiger partial charge in [-0.1, -0.05) is 0 Å². The van der Waals surface area contributed by atoms with Crippen LogP contribution in [-0.4, -0.2) is 59.1 Å². The van der Waals surface area contributed by atoms with E-state index >= 15 is 0 Å². The molecular weight excluding hydrogens is 272 g/mol. The summed E-state index contributed by atoms with van der Waals surface area (Å²) in [6.45, 7) is 0.914. The number of carboxylic acid groups (broad SMARTS) is 1. The third kappa shape index (κ3) is 5.97. The number of nitrogens with one attached hydrogen (secondary N) is 2. The predicted octanol–water partition coefficient (Wildman–Crippen LogP) is 0.404. The molecule has 0 aromatic rings. The van der Waals surface area contributed by atoms with E-state index in [9.17, 15) is 9.59 Å². The number of thioether (sulfide) groups is 2. The van der Waals surface area contributed by atoms with Gasteiger partial charge < -0.3 is 15.7 Å². The molecule has 0 radical (unpaired) electrons. The van der Waals surface area contributed by atoms with Gasteiger partial charge in [0.1, 0.15) is 6.04 Å². The number of carbonyl (C=O) groups is 2. The molecule has 18 heavy (non-hydrogen) atoms. The summed E-state index contributed by atoms with van der Waals surface area (Å²) >= 11 is 3.40. The van der Waals surface area contributed by atoms with Gasteiger partial charge in [-0.2, -0.15) is 23.5 Å². The SMILES string of the molecule is CSCC[C@@H](NC(=O)CC1CSCCN1)C(=O)O. The monoisotopic (exact) mass is 292 g/mol. The van der Waals surface area contributed by atoms with Crippen molar-refractivity contribution in [3.05, 3.63) is 0 Å². The number of carboxylic acids is 1. The number of hydrogen-bond donors (Lipinski definition) is 3. The van der Waals surface area contributed by atoms with Crippen LogP contribution in [-0.2, 0) is 9.59 Å². The highest BCUT2D eigenvalue weighted by molar-refractivity contribution is 7.99. The molecule has 1 aliphatic heterocycles. The average Bonchev–Trinajstić information content (AvgIpc) is 2.35. The number of hydrogen-bond acceptors (Lipinski definition) is 5. The maximum Gasteiger partial charge on any atom is 0.326 e. The molecule has 0 aromatic heterocycles. The largest absolute Gasteiger partial charge is 0.480 e. The van der Waals surface area contributed by atoms with E-state index in [1.807, 2.05) is 18.0 Å². The summed E-state index contributed by atoms with van der Waals surface area (Å²) in [7, 11) is 0. The third-order valence-electron chi connectivity index (χ3n) is 2.67. The van der Waals surface area contributed by atoms with Crippen molar-refractivity contribution in [2.75, 3.05) is 30.1 Å². The molecule has 0 aliphatic carbocycles. The van der Waals surface area contributed by atoms with Gasteiger partial charge in [0.25, 0.3) is 0 Å². The van der Waals surface area contributed by atoms with Crippen LogP contribution in [0, 0.1) is 0 Å². The summed E-state index contributed by atoms with van der Waals surface area (Å²) < 4.78 is 0. The second-order valence-corrected chi connectivity index (χ2v) is 6.31. The van der Waals surface area contributed by atoms with Crippen molar-refractivity contribution in [1.29, 1.82) is 0 Å². The van der Waals surface area contributed by atoms with E-state index in [2.05, 4.69) is 10.6 Å². The Labute approximate surface area is 116 Å². The van der Waals surface area contributed by atoms with Gasteiger partial charge in [0.2, 0.25) is 5.91 Å². The Kier molecular flexibility index (Phi) is 7.53. The molecule has 1 saturated heterocycles. The highest BCUT2D eigenvalue weighted by Gasteiger charge is 2.22. The molecule has 1 fully saturated rings. The lowest BCUT2D eigenvalue weighted by atomic mass is 10.2. The standard InChI is InChI=1S/C11H20N2O3S2/c1-17-4-2-9(11(15)16)13-10(14)6-8-7-18-5-3-12-8/h8-9,12H,2-7H2,1H3,(H,13,14)(H,15,16)/t8?,9-/m1/s1. The Morgan fingerprint density at radius 3 is 2.94 bits per heavy atom. The van der Waals surface area contributed by atoms with Gasteiger partial charge in [-0.25, -0.2) is 4.79 Å². The lowest BCUT2D eigenvalue weighted by Gasteiger charge is -2.23. The Balaban J connectivity index is 2.32. The van der Waals surface area contributed by atoms with Crippen LogP contribution in [0.15, 0.2) is 0 Å². The van der Waals surface area contributed by atoms with Crippen LogP contribution in [0.1, 0.15) is 12.8 Å².